The minimum atomic E-state index is -1.21. The van der Waals surface area contributed by atoms with E-state index in [1.54, 1.807) is 20.8 Å². The third-order valence-corrected chi connectivity index (χ3v) is 1.90. The molecule has 0 aliphatic heterocycles. The van der Waals surface area contributed by atoms with Crippen molar-refractivity contribution in [2.45, 2.75) is 52.4 Å². The van der Waals surface area contributed by atoms with Crippen molar-refractivity contribution in [2.75, 3.05) is 13.1 Å². The minimum Gasteiger partial charge on any atom is -0.444 e. The topological polar surface area (TPSA) is 55.6 Å². The molecule has 0 heterocycles. The first-order valence-electron chi connectivity index (χ1n) is 5.51. The second-order valence-electron chi connectivity index (χ2n) is 5.06. The number of amides is 1. The van der Waals surface area contributed by atoms with Crippen LogP contribution in [0.2, 0.25) is 0 Å². The van der Waals surface area contributed by atoms with Gasteiger partial charge in [-0.2, -0.15) is 0 Å². The van der Waals surface area contributed by atoms with Crippen LogP contribution in [-0.4, -0.2) is 41.9 Å². The Morgan fingerprint density at radius 2 is 1.94 bits per heavy atom. The number of carbonyl (C=O) groups excluding carboxylic acids is 1. The average molecular weight is 234 g/mol. The first kappa shape index (κ1) is 15.2. The molecule has 16 heavy (non-hydrogen) atoms. The molecule has 4 nitrogen and oxygen atoms in total. The number of rotatable bonds is 4. The van der Waals surface area contributed by atoms with Crippen molar-refractivity contribution < 1.29 is 13.9 Å². The number of hydrogen-bond acceptors (Lipinski definition) is 3. The number of halogens is 1. The Bertz CT molecular complexity index is 227. The molecule has 5 heteroatoms. The van der Waals surface area contributed by atoms with E-state index in [4.69, 9.17) is 10.5 Å². The summed E-state index contributed by atoms with van der Waals surface area (Å²) in [4.78, 5) is 13.1. The maximum atomic E-state index is 13.2. The molecule has 1 unspecified atom stereocenters. The van der Waals surface area contributed by atoms with Gasteiger partial charge in [0.2, 0.25) is 0 Å². The molecular weight excluding hydrogens is 211 g/mol. The van der Waals surface area contributed by atoms with Crippen LogP contribution in [-0.2, 0) is 4.74 Å². The number of carbonyl (C=O) groups is 1. The SMILES string of the molecule is CC(C)N(CC(F)CN)C(=O)OC(C)(C)C. The Morgan fingerprint density at radius 3 is 2.25 bits per heavy atom. The van der Waals surface area contributed by atoms with E-state index in [0.717, 1.165) is 0 Å². The summed E-state index contributed by atoms with van der Waals surface area (Å²) in [5, 5.41) is 0. The van der Waals surface area contributed by atoms with Crippen LogP contribution in [0.3, 0.4) is 0 Å². The van der Waals surface area contributed by atoms with E-state index in [2.05, 4.69) is 0 Å². The van der Waals surface area contributed by atoms with Gasteiger partial charge in [0, 0.05) is 12.6 Å². The number of nitrogens with two attached hydrogens (primary N) is 1. The minimum absolute atomic E-state index is 0.0247. The van der Waals surface area contributed by atoms with Crippen LogP contribution < -0.4 is 5.73 Å². The van der Waals surface area contributed by atoms with Crippen LogP contribution >= 0.6 is 0 Å². The summed E-state index contributed by atoms with van der Waals surface area (Å²) < 4.78 is 18.3. The van der Waals surface area contributed by atoms with Crippen LogP contribution in [0.15, 0.2) is 0 Å². The zero-order valence-electron chi connectivity index (χ0n) is 10.8. The molecule has 2 N–H and O–H groups in total. The molecule has 0 aromatic heterocycles. The van der Waals surface area contributed by atoms with Gasteiger partial charge in [-0.15, -0.1) is 0 Å². The predicted octanol–water partition coefficient (Wildman–Crippen LogP) is 1.93. The van der Waals surface area contributed by atoms with Crippen molar-refractivity contribution in [1.29, 1.82) is 0 Å². The highest BCUT2D eigenvalue weighted by atomic mass is 19.1. The van der Waals surface area contributed by atoms with Crippen LogP contribution in [0, 0.1) is 0 Å². The highest BCUT2D eigenvalue weighted by Crippen LogP contribution is 2.12. The van der Waals surface area contributed by atoms with Crippen LogP contribution in [0.1, 0.15) is 34.6 Å². The normalized spacial score (nSPS) is 13.8. The Hall–Kier alpha value is -0.840. The van der Waals surface area contributed by atoms with Crippen molar-refractivity contribution >= 4 is 6.09 Å². The summed E-state index contributed by atoms with van der Waals surface area (Å²) >= 11 is 0. The summed E-state index contributed by atoms with van der Waals surface area (Å²) in [5.74, 6) is 0. The first-order valence-corrected chi connectivity index (χ1v) is 5.51. The summed E-state index contributed by atoms with van der Waals surface area (Å²) in [6.07, 6.45) is -1.71. The van der Waals surface area contributed by atoms with E-state index in [-0.39, 0.29) is 19.1 Å². The van der Waals surface area contributed by atoms with Crippen LogP contribution in [0.5, 0.6) is 0 Å². The van der Waals surface area contributed by atoms with Gasteiger partial charge in [0.1, 0.15) is 11.8 Å². The third-order valence-electron chi connectivity index (χ3n) is 1.90. The van der Waals surface area contributed by atoms with Gasteiger partial charge in [-0.05, 0) is 34.6 Å². The number of alkyl halides is 1. The molecule has 96 valence electrons. The Balaban J connectivity index is 4.48. The smallest absolute Gasteiger partial charge is 0.410 e. The molecule has 1 atom stereocenters. The van der Waals surface area contributed by atoms with Crippen molar-refractivity contribution in [3.8, 4) is 0 Å². The van der Waals surface area contributed by atoms with Gasteiger partial charge in [-0.1, -0.05) is 0 Å². The molecule has 0 aromatic carbocycles. The van der Waals surface area contributed by atoms with Gasteiger partial charge in [0.25, 0.3) is 0 Å². The number of ether oxygens (including phenoxy) is 1. The molecule has 0 radical (unpaired) electrons. The Kier molecular flexibility index (Phi) is 5.72. The van der Waals surface area contributed by atoms with Crippen molar-refractivity contribution in [1.82, 2.24) is 4.90 Å². The quantitative estimate of drug-likeness (QED) is 0.808. The maximum absolute atomic E-state index is 13.2. The van der Waals surface area contributed by atoms with E-state index in [0.29, 0.717) is 0 Å². The summed E-state index contributed by atoms with van der Waals surface area (Å²) in [5.41, 5.74) is 4.62. The van der Waals surface area contributed by atoms with Crippen LogP contribution in [0.25, 0.3) is 0 Å². The highest BCUT2D eigenvalue weighted by Gasteiger charge is 2.25. The molecule has 0 spiro atoms. The van der Waals surface area contributed by atoms with E-state index in [1.807, 2.05) is 13.8 Å². The largest absolute Gasteiger partial charge is 0.444 e. The van der Waals surface area contributed by atoms with Gasteiger partial charge in [-0.25, -0.2) is 9.18 Å². The fraction of sp³-hybridized carbons (Fsp3) is 0.909. The monoisotopic (exact) mass is 234 g/mol. The van der Waals surface area contributed by atoms with Crippen molar-refractivity contribution in [2.24, 2.45) is 5.73 Å². The van der Waals surface area contributed by atoms with Gasteiger partial charge in [0.05, 0.1) is 6.54 Å². The summed E-state index contributed by atoms with van der Waals surface area (Å²) in [6.45, 7) is 8.84. The second-order valence-corrected chi connectivity index (χ2v) is 5.06. The van der Waals surface area contributed by atoms with E-state index in [1.165, 1.54) is 4.90 Å². The van der Waals surface area contributed by atoms with Crippen LogP contribution in [0.4, 0.5) is 9.18 Å². The third kappa shape index (κ3) is 5.90. The van der Waals surface area contributed by atoms with Gasteiger partial charge in [0.15, 0.2) is 0 Å². The molecule has 1 amide bonds. The standard InChI is InChI=1S/C11H23FN2O2/c1-8(2)14(7-9(12)6-13)10(15)16-11(3,4)5/h8-9H,6-7,13H2,1-5H3. The fourth-order valence-electron chi connectivity index (χ4n) is 1.10. The zero-order chi connectivity index (χ0) is 12.9. The lowest BCUT2D eigenvalue weighted by Crippen LogP contribution is -2.45. The zero-order valence-corrected chi connectivity index (χ0v) is 10.8. The first-order chi connectivity index (χ1) is 7.17. The maximum Gasteiger partial charge on any atom is 0.410 e. The van der Waals surface area contributed by atoms with Crippen molar-refractivity contribution in [3.05, 3.63) is 0 Å². The van der Waals surface area contributed by atoms with E-state index >= 15 is 0 Å². The van der Waals surface area contributed by atoms with E-state index in [9.17, 15) is 9.18 Å². The number of hydrogen-bond donors (Lipinski definition) is 1. The lowest BCUT2D eigenvalue weighted by atomic mass is 10.2. The molecule has 0 fully saturated rings. The Labute approximate surface area is 96.9 Å². The summed E-state index contributed by atoms with van der Waals surface area (Å²) in [6, 6.07) is -0.111. The highest BCUT2D eigenvalue weighted by molar-refractivity contribution is 5.68. The molecular formula is C11H23FN2O2. The second kappa shape index (κ2) is 6.03. The number of nitrogens with zero attached hydrogens (tertiary/aromatic N) is 1. The molecule has 0 bridgehead atoms. The van der Waals surface area contributed by atoms with Crippen molar-refractivity contribution in [3.63, 3.8) is 0 Å². The molecule has 0 saturated carbocycles. The van der Waals surface area contributed by atoms with E-state index < -0.39 is 17.9 Å². The predicted molar refractivity (Wildman–Crippen MR) is 62.0 cm³/mol. The van der Waals surface area contributed by atoms with Gasteiger partial charge in [-0.3, -0.25) is 0 Å². The van der Waals surface area contributed by atoms with Gasteiger partial charge >= 0.3 is 6.09 Å². The molecule has 0 saturated heterocycles. The Morgan fingerprint density at radius 1 is 1.44 bits per heavy atom. The molecule has 0 rings (SSSR count). The molecule has 0 aliphatic carbocycles. The average Bonchev–Trinajstić information content (AvgIpc) is 2.09. The lowest BCUT2D eigenvalue weighted by molar-refractivity contribution is 0.0142. The molecule has 0 aromatic rings. The molecule has 0 aliphatic rings. The fourth-order valence-corrected chi connectivity index (χ4v) is 1.10. The lowest BCUT2D eigenvalue weighted by Gasteiger charge is -2.30. The summed E-state index contributed by atoms with van der Waals surface area (Å²) in [7, 11) is 0. The van der Waals surface area contributed by atoms with Gasteiger partial charge < -0.3 is 15.4 Å².